The third-order valence-electron chi connectivity index (χ3n) is 1.41. The first-order valence-electron chi connectivity index (χ1n) is 5.12. The third kappa shape index (κ3) is 4.40. The highest BCUT2D eigenvalue weighted by molar-refractivity contribution is 5.27. The Bertz CT molecular complexity index is 349. The van der Waals surface area contributed by atoms with Crippen molar-refractivity contribution in [3.63, 3.8) is 0 Å². The van der Waals surface area contributed by atoms with Gasteiger partial charge in [-0.25, -0.2) is 0 Å². The number of benzene rings is 1. The highest BCUT2D eigenvalue weighted by atomic mass is 15.5. The van der Waals surface area contributed by atoms with Crippen LogP contribution in [0.2, 0.25) is 0 Å². The van der Waals surface area contributed by atoms with E-state index in [2.05, 4.69) is 31.0 Å². The summed E-state index contributed by atoms with van der Waals surface area (Å²) in [4.78, 5) is 1.58. The van der Waals surface area contributed by atoms with Gasteiger partial charge in [0.1, 0.15) is 0 Å². The van der Waals surface area contributed by atoms with Gasteiger partial charge in [-0.2, -0.15) is 15.0 Å². The molecule has 0 unspecified atom stereocenters. The molecule has 1 heterocycles. The number of nitrogens with zero attached hydrogens (tertiary/aromatic N) is 3. The molecule has 1 aromatic carbocycles. The van der Waals surface area contributed by atoms with E-state index in [0.29, 0.717) is 0 Å². The van der Waals surface area contributed by atoms with Crippen molar-refractivity contribution in [2.45, 2.75) is 20.8 Å². The Kier molecular flexibility index (Phi) is 4.54. The van der Waals surface area contributed by atoms with Gasteiger partial charge in [-0.15, -0.1) is 0 Å². The smallest absolute Gasteiger partial charge is 0.0856 e. The standard InChI is InChI=1S/C8H7N3.C4H10/c1-2-4-8(5-3-1)11-9-6-7-10-11;1-4(2)3/h1-7H;4H,1-3H3. The van der Waals surface area contributed by atoms with E-state index in [1.165, 1.54) is 0 Å². The van der Waals surface area contributed by atoms with Crippen LogP contribution >= 0.6 is 0 Å². The molecule has 3 nitrogen and oxygen atoms in total. The van der Waals surface area contributed by atoms with Crippen LogP contribution in [0.25, 0.3) is 5.69 Å². The zero-order valence-electron chi connectivity index (χ0n) is 9.46. The summed E-state index contributed by atoms with van der Waals surface area (Å²) in [5, 5.41) is 7.98. The van der Waals surface area contributed by atoms with Crippen molar-refractivity contribution >= 4 is 0 Å². The Labute approximate surface area is 90.7 Å². The minimum Gasteiger partial charge on any atom is -0.157 e. The summed E-state index contributed by atoms with van der Waals surface area (Å²) in [7, 11) is 0. The lowest BCUT2D eigenvalue weighted by Crippen LogP contribution is -1.96. The number of aromatic nitrogens is 3. The molecule has 3 heteroatoms. The number of hydrogen-bond acceptors (Lipinski definition) is 2. The number of hydrogen-bond donors (Lipinski definition) is 0. The van der Waals surface area contributed by atoms with Gasteiger partial charge >= 0.3 is 0 Å². The lowest BCUT2D eigenvalue weighted by molar-refractivity contribution is 0.737. The van der Waals surface area contributed by atoms with E-state index in [4.69, 9.17) is 0 Å². The van der Waals surface area contributed by atoms with Crippen molar-refractivity contribution in [2.75, 3.05) is 0 Å². The molecule has 2 rings (SSSR count). The second-order valence-corrected chi connectivity index (χ2v) is 3.89. The fraction of sp³-hybridized carbons (Fsp3) is 0.333. The maximum atomic E-state index is 3.99. The van der Waals surface area contributed by atoms with Gasteiger partial charge in [-0.1, -0.05) is 39.0 Å². The number of para-hydroxylation sites is 1. The monoisotopic (exact) mass is 203 g/mol. The summed E-state index contributed by atoms with van der Waals surface area (Å²) in [5.74, 6) is 0.833. The molecule has 0 aliphatic rings. The number of rotatable bonds is 1. The maximum Gasteiger partial charge on any atom is 0.0856 e. The Hall–Kier alpha value is -1.64. The van der Waals surface area contributed by atoms with Crippen molar-refractivity contribution in [3.8, 4) is 5.69 Å². The molecule has 0 saturated carbocycles. The fourth-order valence-corrected chi connectivity index (χ4v) is 0.910. The van der Waals surface area contributed by atoms with Gasteiger partial charge in [0.15, 0.2) is 0 Å². The Morgan fingerprint density at radius 1 is 0.933 bits per heavy atom. The van der Waals surface area contributed by atoms with E-state index in [1.54, 1.807) is 17.2 Å². The van der Waals surface area contributed by atoms with E-state index in [1.807, 2.05) is 30.3 Å². The molecule has 2 aromatic rings. The van der Waals surface area contributed by atoms with Gasteiger partial charge in [-0.3, -0.25) is 0 Å². The van der Waals surface area contributed by atoms with E-state index >= 15 is 0 Å². The molecule has 0 atom stereocenters. The van der Waals surface area contributed by atoms with E-state index in [9.17, 15) is 0 Å². The quantitative estimate of drug-likeness (QED) is 0.713. The third-order valence-corrected chi connectivity index (χ3v) is 1.41. The highest BCUT2D eigenvalue weighted by Gasteiger charge is 1.92. The van der Waals surface area contributed by atoms with Crippen molar-refractivity contribution in [3.05, 3.63) is 42.7 Å². The molecule has 0 saturated heterocycles. The molecule has 0 aliphatic heterocycles. The lowest BCUT2D eigenvalue weighted by Gasteiger charge is -1.95. The lowest BCUT2D eigenvalue weighted by atomic mass is 10.3. The van der Waals surface area contributed by atoms with Gasteiger partial charge in [0.05, 0.1) is 18.1 Å². The zero-order valence-corrected chi connectivity index (χ0v) is 9.46. The van der Waals surface area contributed by atoms with Crippen LogP contribution in [0.3, 0.4) is 0 Å². The van der Waals surface area contributed by atoms with Crippen LogP contribution in [0, 0.1) is 5.92 Å². The second kappa shape index (κ2) is 5.96. The zero-order chi connectivity index (χ0) is 11.1. The predicted octanol–water partition coefficient (Wildman–Crippen LogP) is 2.93. The summed E-state index contributed by atoms with van der Waals surface area (Å²) >= 11 is 0. The van der Waals surface area contributed by atoms with E-state index in [-0.39, 0.29) is 0 Å². The minimum absolute atomic E-state index is 0.833. The molecule has 0 fully saturated rings. The van der Waals surface area contributed by atoms with Crippen molar-refractivity contribution in [1.29, 1.82) is 0 Å². The van der Waals surface area contributed by atoms with E-state index < -0.39 is 0 Å². The summed E-state index contributed by atoms with van der Waals surface area (Å²) < 4.78 is 0. The largest absolute Gasteiger partial charge is 0.157 e. The maximum absolute atomic E-state index is 3.99. The Morgan fingerprint density at radius 3 is 1.87 bits per heavy atom. The molecular weight excluding hydrogens is 186 g/mol. The highest BCUT2D eigenvalue weighted by Crippen LogP contribution is 2.01. The van der Waals surface area contributed by atoms with Crippen LogP contribution in [0.15, 0.2) is 42.7 Å². The summed E-state index contributed by atoms with van der Waals surface area (Å²) in [6, 6.07) is 9.80. The molecule has 0 amide bonds. The SMILES string of the molecule is CC(C)C.c1ccc(-n2nccn2)cc1. The first kappa shape index (κ1) is 11.4. The van der Waals surface area contributed by atoms with Crippen LogP contribution < -0.4 is 0 Å². The van der Waals surface area contributed by atoms with Crippen LogP contribution in [-0.2, 0) is 0 Å². The first-order valence-corrected chi connectivity index (χ1v) is 5.12. The minimum atomic E-state index is 0.833. The van der Waals surface area contributed by atoms with Crippen LogP contribution in [0.5, 0.6) is 0 Å². The molecule has 0 bridgehead atoms. The fourth-order valence-electron chi connectivity index (χ4n) is 0.910. The average Bonchev–Trinajstić information content (AvgIpc) is 2.71. The molecule has 0 N–H and O–H groups in total. The van der Waals surface area contributed by atoms with Gasteiger partial charge in [0.25, 0.3) is 0 Å². The molecular formula is C12H17N3. The molecule has 0 radical (unpaired) electrons. The van der Waals surface area contributed by atoms with E-state index in [0.717, 1.165) is 11.6 Å². The molecule has 1 aromatic heterocycles. The van der Waals surface area contributed by atoms with Gasteiger partial charge in [0, 0.05) is 0 Å². The van der Waals surface area contributed by atoms with Crippen LogP contribution in [0.1, 0.15) is 20.8 Å². The average molecular weight is 203 g/mol. The van der Waals surface area contributed by atoms with Gasteiger partial charge in [-0.05, 0) is 18.1 Å². The normalized spacial score (nSPS) is 9.60. The van der Waals surface area contributed by atoms with Gasteiger partial charge in [0.2, 0.25) is 0 Å². The second-order valence-electron chi connectivity index (χ2n) is 3.89. The summed E-state index contributed by atoms with van der Waals surface area (Å²) in [6.07, 6.45) is 3.32. The topological polar surface area (TPSA) is 30.7 Å². The first-order chi connectivity index (χ1) is 7.20. The predicted molar refractivity (Wildman–Crippen MR) is 61.9 cm³/mol. The molecule has 0 spiro atoms. The van der Waals surface area contributed by atoms with Crippen molar-refractivity contribution in [1.82, 2.24) is 15.0 Å². The van der Waals surface area contributed by atoms with Crippen LogP contribution in [0.4, 0.5) is 0 Å². The Morgan fingerprint density at radius 2 is 1.40 bits per heavy atom. The summed E-state index contributed by atoms with van der Waals surface area (Å²) in [5.41, 5.74) is 0.984. The Balaban J connectivity index is 0.000000245. The van der Waals surface area contributed by atoms with Crippen LogP contribution in [-0.4, -0.2) is 15.0 Å². The van der Waals surface area contributed by atoms with Gasteiger partial charge < -0.3 is 0 Å². The van der Waals surface area contributed by atoms with Crippen molar-refractivity contribution in [2.24, 2.45) is 5.92 Å². The summed E-state index contributed by atoms with van der Waals surface area (Å²) in [6.45, 7) is 6.50. The molecule has 0 aliphatic carbocycles. The van der Waals surface area contributed by atoms with Crippen molar-refractivity contribution < 1.29 is 0 Å². The molecule has 80 valence electrons. The molecule has 15 heavy (non-hydrogen) atoms.